The molecule has 174 valence electrons. The maximum Gasteiger partial charge on any atom is 0.307 e. The van der Waals surface area contributed by atoms with Crippen LogP contribution in [0.4, 0.5) is 15.8 Å². The summed E-state index contributed by atoms with van der Waals surface area (Å²) in [5.74, 6) is -3.04. The lowest BCUT2D eigenvalue weighted by Crippen LogP contribution is -2.49. The molecule has 0 bridgehead atoms. The molecule has 2 atom stereocenters. The fourth-order valence-electron chi connectivity index (χ4n) is 4.73. The molecule has 2 aromatic rings. The number of benzene rings is 2. The van der Waals surface area contributed by atoms with Gasteiger partial charge in [0.25, 0.3) is 5.91 Å². The zero-order valence-corrected chi connectivity index (χ0v) is 18.4. The third-order valence-electron chi connectivity index (χ3n) is 6.59. The van der Waals surface area contributed by atoms with Gasteiger partial charge in [-0.25, -0.2) is 4.39 Å². The van der Waals surface area contributed by atoms with Gasteiger partial charge in [0.2, 0.25) is 5.91 Å². The molecule has 0 spiro atoms. The number of amides is 2. The summed E-state index contributed by atoms with van der Waals surface area (Å²) in [5, 5.41) is 12.3. The maximum absolute atomic E-state index is 13.3. The van der Waals surface area contributed by atoms with Crippen LogP contribution >= 0.6 is 0 Å². The van der Waals surface area contributed by atoms with E-state index < -0.39 is 17.8 Å². The predicted octanol–water partition coefficient (Wildman–Crippen LogP) is 3.62. The third kappa shape index (κ3) is 5.16. The Morgan fingerprint density at radius 1 is 0.879 bits per heavy atom. The molecule has 1 aliphatic heterocycles. The van der Waals surface area contributed by atoms with Gasteiger partial charge in [-0.15, -0.1) is 0 Å². The second-order valence-electron chi connectivity index (χ2n) is 8.63. The smallest absolute Gasteiger partial charge is 0.307 e. The summed E-state index contributed by atoms with van der Waals surface area (Å²) < 4.78 is 13.2. The van der Waals surface area contributed by atoms with E-state index in [1.807, 2.05) is 0 Å². The summed E-state index contributed by atoms with van der Waals surface area (Å²) in [6.07, 6.45) is 2.65. The molecule has 2 fully saturated rings. The van der Waals surface area contributed by atoms with Gasteiger partial charge < -0.3 is 20.2 Å². The van der Waals surface area contributed by atoms with Crippen LogP contribution < -0.4 is 10.2 Å². The Bertz CT molecular complexity index is 1020. The summed E-state index contributed by atoms with van der Waals surface area (Å²) in [5.41, 5.74) is 1.71. The Morgan fingerprint density at radius 3 is 2.18 bits per heavy atom. The van der Waals surface area contributed by atoms with E-state index in [1.165, 1.54) is 12.1 Å². The number of para-hydroxylation sites is 1. The van der Waals surface area contributed by atoms with E-state index in [0.717, 1.165) is 18.5 Å². The molecule has 2 aliphatic rings. The number of carbonyl (C=O) groups excluding carboxylic acids is 2. The highest BCUT2D eigenvalue weighted by Gasteiger charge is 2.36. The van der Waals surface area contributed by atoms with E-state index in [1.54, 1.807) is 41.3 Å². The molecular weight excluding hydrogens is 425 g/mol. The van der Waals surface area contributed by atoms with Crippen molar-refractivity contribution >= 4 is 29.2 Å². The summed E-state index contributed by atoms with van der Waals surface area (Å²) in [4.78, 5) is 41.6. The standard InChI is InChI=1S/C25H28FN3O4/c26-17-9-11-18(12-10-17)28-13-15-29(16-14-28)24(31)21-7-3-4-8-22(21)27-23(30)19-5-1-2-6-20(19)25(32)33/h3-4,7-12,19-20H,1-2,5-6,13-16H2,(H,27,30)(H,32,33)/t19-,20-/m0/s1. The zero-order chi connectivity index (χ0) is 23.4. The lowest BCUT2D eigenvalue weighted by Gasteiger charge is -2.36. The molecule has 0 radical (unpaired) electrons. The topological polar surface area (TPSA) is 89.9 Å². The SMILES string of the molecule is O=C(O)[C@H]1CCCC[C@@H]1C(=O)Nc1ccccc1C(=O)N1CCN(c2ccc(F)cc2)CC1. The van der Waals surface area contributed by atoms with Gasteiger partial charge in [-0.3, -0.25) is 14.4 Å². The molecule has 2 aromatic carbocycles. The van der Waals surface area contributed by atoms with Crippen molar-refractivity contribution in [3.8, 4) is 0 Å². The summed E-state index contributed by atoms with van der Waals surface area (Å²) in [7, 11) is 0. The van der Waals surface area contributed by atoms with Crippen molar-refractivity contribution in [2.24, 2.45) is 11.8 Å². The lowest BCUT2D eigenvalue weighted by molar-refractivity contribution is -0.147. The summed E-state index contributed by atoms with van der Waals surface area (Å²) in [6, 6.07) is 13.2. The highest BCUT2D eigenvalue weighted by Crippen LogP contribution is 2.32. The monoisotopic (exact) mass is 453 g/mol. The predicted molar refractivity (Wildman–Crippen MR) is 123 cm³/mol. The van der Waals surface area contributed by atoms with Crippen molar-refractivity contribution in [3.63, 3.8) is 0 Å². The number of piperazine rings is 1. The quantitative estimate of drug-likeness (QED) is 0.722. The highest BCUT2D eigenvalue weighted by molar-refractivity contribution is 6.04. The molecule has 4 rings (SSSR count). The second kappa shape index (κ2) is 10.0. The van der Waals surface area contributed by atoms with Gasteiger partial charge in [0, 0.05) is 31.9 Å². The molecule has 2 amide bonds. The number of carbonyl (C=O) groups is 3. The largest absolute Gasteiger partial charge is 0.481 e. The Hall–Kier alpha value is -3.42. The first-order valence-corrected chi connectivity index (χ1v) is 11.4. The van der Waals surface area contributed by atoms with Crippen molar-refractivity contribution < 1.29 is 23.9 Å². The first-order chi connectivity index (χ1) is 15.9. The van der Waals surface area contributed by atoms with E-state index in [-0.39, 0.29) is 17.6 Å². The number of nitrogens with one attached hydrogen (secondary N) is 1. The van der Waals surface area contributed by atoms with E-state index in [4.69, 9.17) is 0 Å². The molecule has 0 aromatic heterocycles. The van der Waals surface area contributed by atoms with E-state index in [2.05, 4.69) is 10.2 Å². The van der Waals surface area contributed by atoms with Gasteiger partial charge >= 0.3 is 5.97 Å². The van der Waals surface area contributed by atoms with Crippen LogP contribution in [0.25, 0.3) is 0 Å². The number of aliphatic carboxylic acids is 1. The Balaban J connectivity index is 1.43. The molecule has 7 nitrogen and oxygen atoms in total. The van der Waals surface area contributed by atoms with Crippen molar-refractivity contribution in [2.45, 2.75) is 25.7 Å². The van der Waals surface area contributed by atoms with E-state index in [0.29, 0.717) is 50.3 Å². The Kier molecular flexibility index (Phi) is 6.91. The third-order valence-corrected chi connectivity index (χ3v) is 6.59. The van der Waals surface area contributed by atoms with Gasteiger partial charge in [0.15, 0.2) is 0 Å². The maximum atomic E-state index is 13.3. The molecular formula is C25H28FN3O4. The van der Waals surface area contributed by atoms with Crippen molar-refractivity contribution in [1.29, 1.82) is 0 Å². The summed E-state index contributed by atoms with van der Waals surface area (Å²) >= 11 is 0. The number of rotatable bonds is 5. The van der Waals surface area contributed by atoms with Gasteiger partial charge in [0.05, 0.1) is 23.1 Å². The molecule has 8 heteroatoms. The number of carboxylic acids is 1. The van der Waals surface area contributed by atoms with Crippen LogP contribution in [0.5, 0.6) is 0 Å². The first kappa shape index (κ1) is 22.8. The van der Waals surface area contributed by atoms with E-state index in [9.17, 15) is 23.9 Å². The molecule has 2 N–H and O–H groups in total. The van der Waals surface area contributed by atoms with Crippen LogP contribution in [-0.4, -0.2) is 54.0 Å². The van der Waals surface area contributed by atoms with Crippen LogP contribution in [0.15, 0.2) is 48.5 Å². The van der Waals surface area contributed by atoms with Crippen LogP contribution in [0.3, 0.4) is 0 Å². The number of hydrogen-bond donors (Lipinski definition) is 2. The normalized spacial score (nSPS) is 20.9. The average molecular weight is 454 g/mol. The Labute approximate surface area is 192 Å². The first-order valence-electron chi connectivity index (χ1n) is 11.4. The fraction of sp³-hybridized carbons (Fsp3) is 0.400. The molecule has 1 heterocycles. The van der Waals surface area contributed by atoms with Gasteiger partial charge in [0.1, 0.15) is 5.82 Å². The summed E-state index contributed by atoms with van der Waals surface area (Å²) in [6.45, 7) is 2.24. The number of nitrogens with zero attached hydrogens (tertiary/aromatic N) is 2. The van der Waals surface area contributed by atoms with Gasteiger partial charge in [-0.1, -0.05) is 25.0 Å². The van der Waals surface area contributed by atoms with Crippen LogP contribution in [0, 0.1) is 17.7 Å². The molecule has 0 unspecified atom stereocenters. The van der Waals surface area contributed by atoms with Crippen molar-refractivity contribution in [1.82, 2.24) is 4.90 Å². The zero-order valence-electron chi connectivity index (χ0n) is 18.4. The van der Waals surface area contributed by atoms with E-state index >= 15 is 0 Å². The number of hydrogen-bond acceptors (Lipinski definition) is 4. The Morgan fingerprint density at radius 2 is 1.52 bits per heavy atom. The van der Waals surface area contributed by atoms with Crippen molar-refractivity contribution in [2.75, 3.05) is 36.4 Å². The van der Waals surface area contributed by atoms with Crippen LogP contribution in [0.2, 0.25) is 0 Å². The minimum atomic E-state index is -0.946. The molecule has 1 aliphatic carbocycles. The van der Waals surface area contributed by atoms with Crippen LogP contribution in [0.1, 0.15) is 36.0 Å². The molecule has 1 saturated heterocycles. The lowest BCUT2D eigenvalue weighted by atomic mass is 9.78. The minimum absolute atomic E-state index is 0.178. The minimum Gasteiger partial charge on any atom is -0.481 e. The average Bonchev–Trinajstić information content (AvgIpc) is 2.84. The fourth-order valence-corrected chi connectivity index (χ4v) is 4.73. The van der Waals surface area contributed by atoms with Gasteiger partial charge in [-0.05, 0) is 49.2 Å². The number of carboxylic acid groups (broad SMARTS) is 1. The number of halogens is 1. The molecule has 1 saturated carbocycles. The highest BCUT2D eigenvalue weighted by atomic mass is 19.1. The van der Waals surface area contributed by atoms with Gasteiger partial charge in [-0.2, -0.15) is 0 Å². The molecule has 33 heavy (non-hydrogen) atoms. The van der Waals surface area contributed by atoms with Crippen molar-refractivity contribution in [3.05, 3.63) is 59.9 Å². The second-order valence-corrected chi connectivity index (χ2v) is 8.63. The number of anilines is 2. The van der Waals surface area contributed by atoms with Crippen LogP contribution in [-0.2, 0) is 9.59 Å².